The molecule has 22 aromatic rings. The molecular weight excluding hydrogens is 1700 g/mol. The molecule has 0 bridgehead atoms. The minimum Gasteiger partial charge on any atom is -0.232 e. The number of aryl methyl sites for hydroxylation is 13. The number of nitrogens with zero attached hydrogens (tertiary/aromatic N) is 10. The van der Waals surface area contributed by atoms with Crippen LogP contribution in [0.15, 0.2) is 243 Å². The molecule has 27 rings (SSSR count). The summed E-state index contributed by atoms with van der Waals surface area (Å²) in [6.45, 7) is 31.8. The molecule has 140 heavy (non-hydrogen) atoms. The Morgan fingerprint density at radius 2 is 0.464 bits per heavy atom. The maximum Gasteiger partial charge on any atom is 0.295 e. The van der Waals surface area contributed by atoms with Gasteiger partial charge in [0.25, 0.3) is 28.2 Å². The molecule has 0 spiro atoms. The predicted molar refractivity (Wildman–Crippen MR) is 587 cm³/mol. The highest BCUT2D eigenvalue weighted by molar-refractivity contribution is 6.20. The van der Waals surface area contributed by atoms with Crippen LogP contribution in [0.25, 0.3) is 159 Å². The van der Waals surface area contributed by atoms with Gasteiger partial charge in [-0.2, -0.15) is 22.0 Å². The lowest BCUT2D eigenvalue weighted by Crippen LogP contribution is -2.44. The van der Waals surface area contributed by atoms with Crippen molar-refractivity contribution in [2.75, 3.05) is 0 Å². The molecule has 0 saturated carbocycles. The molecule has 12 aromatic carbocycles. The zero-order chi connectivity index (χ0) is 114. The normalized spacial score (nSPS) is 23.1. The highest BCUT2D eigenvalue weighted by atomic mass is 15.2. The van der Waals surface area contributed by atoms with Gasteiger partial charge >= 0.3 is 0 Å². The first-order valence-electron chi connectivity index (χ1n) is 58.6. The summed E-state index contributed by atoms with van der Waals surface area (Å²) in [4.78, 5) is 0. The van der Waals surface area contributed by atoms with Crippen molar-refractivity contribution in [2.24, 2.45) is 35.2 Å². The minimum absolute atomic E-state index is 0.296. The van der Waals surface area contributed by atoms with Crippen LogP contribution in [0.1, 0.15) is 264 Å². The van der Waals surface area contributed by atoms with Crippen molar-refractivity contribution < 1.29 is 47.5 Å². The molecule has 10 nitrogen and oxygen atoms in total. The second kappa shape index (κ2) is 29.4. The average Bonchev–Trinajstić information content (AvgIpc) is 1.48. The molecule has 0 amide bonds. The monoisotopic (exact) mass is 1860 g/mol. The molecule has 0 saturated heterocycles. The molecular formula is C130H139N10+5. The van der Waals surface area contributed by atoms with E-state index in [-0.39, 0.29) is 0 Å². The Morgan fingerprint density at radius 1 is 0.214 bits per heavy atom. The standard InChI is InChI=1S/C30H31N2.C29H29N2.2C24H27N2.C23H25N2/c1-18-12-11-15-21-23-19(2)16-17-22-26(23)32-27(30(5,6)29(22,3)4)25(20-13-9-8-10-14-20)31(7)28(32)24(18)21;1-18-12-10-15-20-21-16-11-17-22-25(21)31-26(29(4,5)28(22,2)3)24(19-13-8-7-9-14-19)30(6)27(31)23(18)20;2*1-14-9-8-10-16-19-15(2)11-12-17-21(19)26-18(24(5,6)23(17,3)4)13-25(7)22(26)20(14)16;1-14-9-7-10-15-16-11-8-12-17-20(16)25-18(23(4,5)22(17,2)3)13-24(6)21(25)19(14)15/h8-17H,1-7H3;7-17H,1-6H3;2*8-13H,1-7H3;7-13H,1-6H3/q5*+1/i5D3;4D3;2D3,5D3;5D3;4D3. The summed E-state index contributed by atoms with van der Waals surface area (Å²) in [6.07, 6.45) is 5.99. The van der Waals surface area contributed by atoms with Crippen molar-refractivity contribution in [1.29, 1.82) is 0 Å². The third kappa shape index (κ3) is 11.2. The maximum atomic E-state index is 8.90. The van der Waals surface area contributed by atoms with Gasteiger partial charge in [0.1, 0.15) is 46.2 Å². The molecule has 0 aliphatic carbocycles. The summed E-state index contributed by atoms with van der Waals surface area (Å²) < 4.78 is 177. The molecule has 10 heteroatoms. The van der Waals surface area contributed by atoms with E-state index in [0.717, 1.165) is 145 Å². The molecule has 0 N–H and O–H groups in total. The minimum atomic E-state index is -2.30. The fourth-order valence-electron chi connectivity index (χ4n) is 26.3. The number of aromatic nitrogens is 10. The number of hydrogen-bond acceptors (Lipinski definition) is 0. The van der Waals surface area contributed by atoms with Gasteiger partial charge in [-0.15, -0.1) is 0 Å². The van der Waals surface area contributed by atoms with Crippen LogP contribution >= 0.6 is 0 Å². The Labute approximate surface area is 850 Å². The molecule has 5 atom stereocenters. The van der Waals surface area contributed by atoms with E-state index < -0.39 is 95.3 Å². The van der Waals surface area contributed by atoms with E-state index in [9.17, 15) is 0 Å². The van der Waals surface area contributed by atoms with Gasteiger partial charge in [0.15, 0.2) is 39.9 Å². The Balaban J connectivity index is 0.000000107. The number of pyridine rings is 5. The molecule has 5 aliphatic heterocycles. The molecule has 15 heterocycles. The maximum absolute atomic E-state index is 8.90. The molecule has 10 aromatic heterocycles. The summed E-state index contributed by atoms with van der Waals surface area (Å²) in [5.74, 6) is 0. The highest BCUT2D eigenvalue weighted by Crippen LogP contribution is 2.60. The van der Waals surface area contributed by atoms with Crippen molar-refractivity contribution in [1.82, 2.24) is 22.0 Å². The van der Waals surface area contributed by atoms with E-state index >= 15 is 0 Å². The van der Waals surface area contributed by atoms with Gasteiger partial charge < -0.3 is 0 Å². The van der Waals surface area contributed by atoms with Crippen molar-refractivity contribution in [3.8, 4) is 22.5 Å². The number of hydrogen-bond donors (Lipinski definition) is 0. The molecule has 0 fully saturated rings. The number of imidazole rings is 5. The van der Waals surface area contributed by atoms with Crippen molar-refractivity contribution in [3.05, 3.63) is 344 Å². The van der Waals surface area contributed by atoms with E-state index in [2.05, 4.69) is 305 Å². The van der Waals surface area contributed by atoms with Crippen molar-refractivity contribution >= 4 is 137 Å². The lowest BCUT2D eigenvalue weighted by Gasteiger charge is -2.43. The van der Waals surface area contributed by atoms with Crippen molar-refractivity contribution in [3.63, 3.8) is 0 Å². The van der Waals surface area contributed by atoms with Crippen LogP contribution in [-0.4, -0.2) is 22.0 Å². The third-order valence-corrected chi connectivity index (χ3v) is 36.1. The molecule has 5 aliphatic rings. The fourth-order valence-corrected chi connectivity index (χ4v) is 26.3. The van der Waals surface area contributed by atoms with E-state index in [1.165, 1.54) is 98.0 Å². The van der Waals surface area contributed by atoms with E-state index in [1.54, 1.807) is 6.07 Å². The average molecular weight is 1860 g/mol. The summed E-state index contributed by atoms with van der Waals surface area (Å²) in [6, 6.07) is 77.1. The first-order chi connectivity index (χ1) is 73.5. The first-order valence-corrected chi connectivity index (χ1v) is 49.6. The third-order valence-electron chi connectivity index (χ3n) is 36.1. The van der Waals surface area contributed by atoms with E-state index in [0.29, 0.717) is 16.6 Å². The van der Waals surface area contributed by atoms with E-state index in [4.69, 9.17) is 24.7 Å². The molecule has 704 valence electrons. The van der Waals surface area contributed by atoms with Crippen LogP contribution in [0, 0.1) is 55.3 Å². The van der Waals surface area contributed by atoms with Gasteiger partial charge in [0.2, 0.25) is 0 Å². The topological polar surface area (TPSA) is 41.4 Å². The number of benzene rings is 12. The lowest BCUT2D eigenvalue weighted by atomic mass is 9.60. The van der Waals surface area contributed by atoms with Gasteiger partial charge in [-0.25, -0.2) is 22.8 Å². The lowest BCUT2D eigenvalue weighted by molar-refractivity contribution is -0.644. The zero-order valence-corrected chi connectivity index (χ0v) is 86.1. The summed E-state index contributed by atoms with van der Waals surface area (Å²) in [7, 11) is 10.2. The number of fused-ring (bicyclic) bond motifs is 15. The summed E-state index contributed by atoms with van der Waals surface area (Å²) in [5, 5.41) is 16.9. The fraction of sp³-hybridized carbons (Fsp3) is 0.331. The van der Waals surface area contributed by atoms with Crippen LogP contribution < -0.4 is 22.8 Å². The molecule has 5 unspecified atom stereocenters. The predicted octanol–water partition coefficient (Wildman–Crippen LogP) is 29.0. The zero-order valence-electron chi connectivity index (χ0n) is 104. The van der Waals surface area contributed by atoms with Crippen LogP contribution in [0.5, 0.6) is 0 Å². The Bertz CT molecular complexity index is 10100. The van der Waals surface area contributed by atoms with Crippen LogP contribution in [-0.2, 0) is 89.4 Å². The second-order valence-electron chi connectivity index (χ2n) is 45.2. The van der Waals surface area contributed by atoms with Gasteiger partial charge in [0, 0.05) is 172 Å². The van der Waals surface area contributed by atoms with Gasteiger partial charge in [-0.3, -0.25) is 0 Å². The van der Waals surface area contributed by atoms with Crippen LogP contribution in [0.4, 0.5) is 0 Å². The van der Waals surface area contributed by atoms with Gasteiger partial charge in [-0.1, -0.05) is 363 Å². The first kappa shape index (κ1) is 72.0. The van der Waals surface area contributed by atoms with E-state index in [1.807, 2.05) is 165 Å². The largest absolute Gasteiger partial charge is 0.295 e. The SMILES string of the molecule is [2H]C([2H])([2H])C1(C)c2c(-c3ccccc3)[n+](C)c3c4c(C)cccc4c4c(C)ccc(c4n23)C1(C)C.[2H]C([2H])([2H])C1(C)c2c(-c3ccccc3)[n+](C)c3c4c(C)cccc4c4cccc(c4n23)C1(C)C.[2H]C([2H])([2H])C1(C)c2c[n+](C)c3c4c(C)cccc4c4c(C)ccc(c4n23)C1(C)C.[2H]C([2H])([2H])C1(C)c2c[n+](C)c3c4c(C)cccc4c4cccc(c4n23)C1(C)C.[2H]C([2H])([2H])c1ccc2c3c1c1cccc(C)c1c1n3c(c[n+]1C)C(C)(C([2H])([2H])[2H])C2(C)C. The second-order valence-corrected chi connectivity index (χ2v) is 45.2. The number of rotatable bonds is 2. The Hall–Kier alpha value is -13.3. The Kier molecular flexibility index (Phi) is 15.1. The van der Waals surface area contributed by atoms with Crippen molar-refractivity contribution in [2.45, 2.75) is 248 Å². The molecule has 0 radical (unpaired) electrons. The summed E-state index contributed by atoms with van der Waals surface area (Å²) in [5.41, 5.74) is 23.8. The van der Waals surface area contributed by atoms with Gasteiger partial charge in [0.05, 0.1) is 62.2 Å². The van der Waals surface area contributed by atoms with Crippen LogP contribution in [0.2, 0.25) is 0 Å². The van der Waals surface area contributed by atoms with Crippen LogP contribution in [0.3, 0.4) is 0 Å². The summed E-state index contributed by atoms with van der Waals surface area (Å²) >= 11 is 0. The van der Waals surface area contributed by atoms with Gasteiger partial charge in [-0.05, 0) is 99.8 Å². The Morgan fingerprint density at radius 3 is 0.807 bits per heavy atom. The highest BCUT2D eigenvalue weighted by Gasteiger charge is 2.58. The number of para-hydroxylation sites is 2. The smallest absolute Gasteiger partial charge is 0.232 e. The quantitative estimate of drug-likeness (QED) is 0.122.